The van der Waals surface area contributed by atoms with E-state index in [0.29, 0.717) is 0 Å². The van der Waals surface area contributed by atoms with Crippen LogP contribution in [-0.2, 0) is 6.42 Å². The van der Waals surface area contributed by atoms with Gasteiger partial charge in [-0.1, -0.05) is 13.0 Å². The molecule has 2 aromatic carbocycles. The summed E-state index contributed by atoms with van der Waals surface area (Å²) < 4.78 is 10.7. The van der Waals surface area contributed by atoms with E-state index >= 15 is 0 Å². The van der Waals surface area contributed by atoms with E-state index in [-0.39, 0.29) is 0 Å². The van der Waals surface area contributed by atoms with Crippen molar-refractivity contribution in [3.8, 4) is 22.6 Å². The Morgan fingerprint density at radius 2 is 1.64 bits per heavy atom. The number of hydrogen-bond acceptors (Lipinski definition) is 4. The second-order valence-corrected chi connectivity index (χ2v) is 5.01. The van der Waals surface area contributed by atoms with Gasteiger partial charge in [-0.2, -0.15) is 0 Å². The minimum atomic E-state index is 0.770. The highest BCUT2D eigenvalue weighted by Crippen LogP contribution is 2.31. The molecule has 22 heavy (non-hydrogen) atoms. The lowest BCUT2D eigenvalue weighted by atomic mass is 10.0. The minimum absolute atomic E-state index is 0.770. The van der Waals surface area contributed by atoms with Gasteiger partial charge in [0.05, 0.1) is 19.7 Å². The fourth-order valence-corrected chi connectivity index (χ4v) is 2.40. The molecular weight excluding hydrogens is 276 g/mol. The Bertz CT molecular complexity index is 793. The lowest BCUT2D eigenvalue weighted by Crippen LogP contribution is -1.93. The van der Waals surface area contributed by atoms with Crippen LogP contribution in [0.2, 0.25) is 0 Å². The van der Waals surface area contributed by atoms with E-state index < -0.39 is 0 Å². The third-order valence-electron chi connectivity index (χ3n) is 3.63. The van der Waals surface area contributed by atoms with E-state index in [9.17, 15) is 0 Å². The Hall–Kier alpha value is -2.62. The van der Waals surface area contributed by atoms with Gasteiger partial charge < -0.3 is 9.47 Å². The molecule has 0 radical (unpaired) electrons. The topological polar surface area (TPSA) is 44.2 Å². The first kappa shape index (κ1) is 14.3. The summed E-state index contributed by atoms with van der Waals surface area (Å²) in [6.07, 6.45) is 2.72. The zero-order chi connectivity index (χ0) is 15.5. The molecule has 0 bridgehead atoms. The quantitative estimate of drug-likeness (QED) is 0.732. The van der Waals surface area contributed by atoms with Crippen molar-refractivity contribution in [1.82, 2.24) is 9.97 Å². The molecule has 0 saturated heterocycles. The zero-order valence-electron chi connectivity index (χ0n) is 13.0. The van der Waals surface area contributed by atoms with Crippen molar-refractivity contribution in [2.24, 2.45) is 0 Å². The maximum absolute atomic E-state index is 5.33. The number of aromatic nitrogens is 2. The summed E-state index contributed by atoms with van der Waals surface area (Å²) in [4.78, 5) is 8.90. The fraction of sp³-hybridized carbons (Fsp3) is 0.222. The summed E-state index contributed by atoms with van der Waals surface area (Å²) in [6.45, 7) is 2.05. The van der Waals surface area contributed by atoms with Gasteiger partial charge in [0.2, 0.25) is 0 Å². The van der Waals surface area contributed by atoms with Crippen LogP contribution in [0.1, 0.15) is 12.7 Å². The molecule has 0 amide bonds. The zero-order valence-corrected chi connectivity index (χ0v) is 13.0. The van der Waals surface area contributed by atoms with E-state index in [1.54, 1.807) is 14.2 Å². The van der Waals surface area contributed by atoms with Crippen LogP contribution in [0.15, 0.2) is 42.6 Å². The molecule has 0 fully saturated rings. The lowest BCUT2D eigenvalue weighted by molar-refractivity contribution is 0.394. The highest BCUT2D eigenvalue weighted by Gasteiger charge is 2.06. The number of ether oxygens (including phenoxy) is 2. The van der Waals surface area contributed by atoms with Crippen LogP contribution in [0.4, 0.5) is 0 Å². The Balaban J connectivity index is 2.10. The van der Waals surface area contributed by atoms with Crippen molar-refractivity contribution in [3.63, 3.8) is 0 Å². The Kier molecular flexibility index (Phi) is 3.92. The van der Waals surface area contributed by atoms with Crippen molar-refractivity contribution >= 4 is 10.9 Å². The molecule has 0 N–H and O–H groups in total. The van der Waals surface area contributed by atoms with Crippen LogP contribution in [0.3, 0.4) is 0 Å². The molecule has 1 aromatic heterocycles. The smallest absolute Gasteiger partial charge is 0.128 e. The van der Waals surface area contributed by atoms with Crippen LogP contribution in [0.25, 0.3) is 22.0 Å². The number of aryl methyl sites for hydroxylation is 1. The molecule has 0 unspecified atom stereocenters. The number of fused-ring (bicyclic) bond motifs is 1. The third kappa shape index (κ3) is 2.72. The van der Waals surface area contributed by atoms with Crippen molar-refractivity contribution in [2.45, 2.75) is 13.3 Å². The van der Waals surface area contributed by atoms with E-state index in [2.05, 4.69) is 29.0 Å². The second kappa shape index (κ2) is 6.02. The molecule has 0 aliphatic heterocycles. The van der Waals surface area contributed by atoms with E-state index in [1.807, 2.05) is 30.5 Å². The number of rotatable bonds is 4. The van der Waals surface area contributed by atoms with Gasteiger partial charge >= 0.3 is 0 Å². The molecule has 0 saturated carbocycles. The molecule has 4 heteroatoms. The predicted octanol–water partition coefficient (Wildman–Crippen LogP) is 3.88. The van der Waals surface area contributed by atoms with Crippen LogP contribution in [0, 0.1) is 0 Å². The van der Waals surface area contributed by atoms with Gasteiger partial charge in [0.15, 0.2) is 0 Å². The molecule has 1 heterocycles. The summed E-state index contributed by atoms with van der Waals surface area (Å²) in [5.74, 6) is 2.40. The van der Waals surface area contributed by atoms with E-state index in [1.165, 1.54) is 0 Å². The maximum Gasteiger partial charge on any atom is 0.128 e. The molecule has 0 atom stereocenters. The molecule has 0 spiro atoms. The van der Waals surface area contributed by atoms with Crippen molar-refractivity contribution < 1.29 is 9.47 Å². The minimum Gasteiger partial charge on any atom is -0.497 e. The molecule has 3 rings (SSSR count). The molecule has 112 valence electrons. The Labute approximate surface area is 129 Å². The van der Waals surface area contributed by atoms with E-state index in [4.69, 9.17) is 9.47 Å². The molecule has 0 aliphatic rings. The van der Waals surface area contributed by atoms with Crippen LogP contribution >= 0.6 is 0 Å². The SMILES string of the molecule is CCc1ncc2cc(-c3cc(OC)cc(OC)c3)ccc2n1. The summed E-state index contributed by atoms with van der Waals surface area (Å²) in [7, 11) is 3.30. The van der Waals surface area contributed by atoms with Crippen molar-refractivity contribution in [3.05, 3.63) is 48.4 Å². The first-order chi connectivity index (χ1) is 10.7. The Morgan fingerprint density at radius 3 is 2.27 bits per heavy atom. The van der Waals surface area contributed by atoms with E-state index in [0.717, 1.165) is 45.8 Å². The first-order valence-electron chi connectivity index (χ1n) is 7.22. The monoisotopic (exact) mass is 294 g/mol. The van der Waals surface area contributed by atoms with Crippen LogP contribution in [-0.4, -0.2) is 24.2 Å². The van der Waals surface area contributed by atoms with Crippen LogP contribution < -0.4 is 9.47 Å². The van der Waals surface area contributed by atoms with Gasteiger partial charge in [-0.25, -0.2) is 9.97 Å². The largest absolute Gasteiger partial charge is 0.497 e. The van der Waals surface area contributed by atoms with Gasteiger partial charge in [-0.3, -0.25) is 0 Å². The molecule has 3 aromatic rings. The highest BCUT2D eigenvalue weighted by atomic mass is 16.5. The number of hydrogen-bond donors (Lipinski definition) is 0. The fourth-order valence-electron chi connectivity index (χ4n) is 2.40. The van der Waals surface area contributed by atoms with Crippen molar-refractivity contribution in [2.75, 3.05) is 14.2 Å². The summed E-state index contributed by atoms with van der Waals surface area (Å²) in [6, 6.07) is 12.0. The summed E-state index contributed by atoms with van der Waals surface area (Å²) >= 11 is 0. The lowest BCUT2D eigenvalue weighted by Gasteiger charge is -2.09. The Morgan fingerprint density at radius 1 is 0.909 bits per heavy atom. The average Bonchev–Trinajstić information content (AvgIpc) is 2.60. The number of benzene rings is 2. The maximum atomic E-state index is 5.33. The van der Waals surface area contributed by atoms with Gasteiger partial charge in [0, 0.05) is 24.1 Å². The van der Waals surface area contributed by atoms with Gasteiger partial charge in [-0.15, -0.1) is 0 Å². The number of nitrogens with zero attached hydrogens (tertiary/aromatic N) is 2. The second-order valence-electron chi connectivity index (χ2n) is 5.01. The number of methoxy groups -OCH3 is 2. The van der Waals surface area contributed by atoms with Gasteiger partial charge in [0.1, 0.15) is 17.3 Å². The van der Waals surface area contributed by atoms with Gasteiger partial charge in [-0.05, 0) is 35.4 Å². The highest BCUT2D eigenvalue weighted by molar-refractivity contribution is 5.84. The molecule has 0 aliphatic carbocycles. The predicted molar refractivity (Wildman–Crippen MR) is 87.5 cm³/mol. The summed E-state index contributed by atoms with van der Waals surface area (Å²) in [5, 5.41) is 1.02. The van der Waals surface area contributed by atoms with Crippen LogP contribution in [0.5, 0.6) is 11.5 Å². The van der Waals surface area contributed by atoms with Crippen molar-refractivity contribution in [1.29, 1.82) is 0 Å². The normalized spacial score (nSPS) is 10.7. The average molecular weight is 294 g/mol. The molecule has 4 nitrogen and oxygen atoms in total. The molecular formula is C18H18N2O2. The first-order valence-corrected chi connectivity index (χ1v) is 7.22. The summed E-state index contributed by atoms with van der Waals surface area (Å²) in [5.41, 5.74) is 3.08. The third-order valence-corrected chi connectivity index (χ3v) is 3.63. The van der Waals surface area contributed by atoms with Gasteiger partial charge in [0.25, 0.3) is 0 Å². The standard InChI is InChI=1S/C18H18N2O2/c1-4-18-19-11-14-7-12(5-6-17(14)20-18)13-8-15(21-2)10-16(9-13)22-3/h5-11H,4H2,1-3H3.